The summed E-state index contributed by atoms with van der Waals surface area (Å²) in [6.07, 6.45) is -4.86. The Hall–Kier alpha value is -1.20. The molecule has 0 unspecified atom stereocenters. The highest BCUT2D eigenvalue weighted by atomic mass is 79.9. The first-order valence-electron chi connectivity index (χ1n) is 4.43. The van der Waals surface area contributed by atoms with Crippen LogP contribution in [0.1, 0.15) is 0 Å². The molecule has 0 saturated carbocycles. The Balaban J connectivity index is 3.18. The smallest absolute Gasteiger partial charge is 0.258 e. The maximum Gasteiger partial charge on any atom is 0.413 e. The van der Waals surface area contributed by atoms with E-state index in [0.29, 0.717) is 0 Å². The summed E-state index contributed by atoms with van der Waals surface area (Å²) >= 11 is 2.88. The van der Waals surface area contributed by atoms with Crippen LogP contribution in [-0.4, -0.2) is 26.1 Å². The second-order valence-corrected chi connectivity index (χ2v) is 5.70. The van der Waals surface area contributed by atoms with Crippen molar-refractivity contribution in [3.05, 3.63) is 32.8 Å². The number of hydrogen-bond acceptors (Lipinski definition) is 5. The molecule has 1 aromatic rings. The van der Waals surface area contributed by atoms with Crippen LogP contribution in [0.15, 0.2) is 27.6 Å². The highest BCUT2D eigenvalue weighted by Crippen LogP contribution is 2.29. The van der Waals surface area contributed by atoms with Gasteiger partial charge in [0.15, 0.2) is 11.5 Å². The highest BCUT2D eigenvalue weighted by molar-refractivity contribution is 9.10. The van der Waals surface area contributed by atoms with Crippen LogP contribution >= 0.6 is 15.9 Å². The number of nitro groups is 1. The van der Waals surface area contributed by atoms with E-state index < -0.39 is 38.4 Å². The number of halogens is 4. The Morgan fingerprint density at radius 3 is 2.42 bits per heavy atom. The largest absolute Gasteiger partial charge is 0.413 e. The molecule has 0 amide bonds. The molecule has 0 heterocycles. The van der Waals surface area contributed by atoms with Crippen molar-refractivity contribution >= 4 is 31.7 Å². The van der Waals surface area contributed by atoms with E-state index in [1.165, 1.54) is 0 Å². The summed E-state index contributed by atoms with van der Waals surface area (Å²) in [5.74, 6) is 0. The summed E-state index contributed by atoms with van der Waals surface area (Å²) in [5.41, 5.74) is -0.878. The van der Waals surface area contributed by atoms with E-state index in [4.69, 9.17) is 0 Å². The van der Waals surface area contributed by atoms with Crippen molar-refractivity contribution in [1.82, 2.24) is 0 Å². The lowest BCUT2D eigenvalue weighted by Gasteiger charge is -2.08. The average Bonchev–Trinajstić information content (AvgIpc) is 2.25. The third-order valence-corrected chi connectivity index (χ3v) is 3.57. The third-order valence-electron chi connectivity index (χ3n) is 1.76. The van der Waals surface area contributed by atoms with Crippen molar-refractivity contribution < 1.29 is 30.7 Å². The summed E-state index contributed by atoms with van der Waals surface area (Å²) in [6.45, 7) is -2.05. The predicted octanol–water partition coefficient (Wildman–Crippen LogP) is 2.62. The molecule has 0 atom stereocenters. The van der Waals surface area contributed by atoms with E-state index in [2.05, 4.69) is 20.1 Å². The fraction of sp³-hybridized carbons (Fsp3) is 0.250. The van der Waals surface area contributed by atoms with E-state index in [0.717, 1.165) is 18.2 Å². The van der Waals surface area contributed by atoms with Gasteiger partial charge in [0.1, 0.15) is 0 Å². The van der Waals surface area contributed by atoms with Gasteiger partial charge in [-0.15, -0.1) is 0 Å². The molecule has 0 aliphatic rings. The van der Waals surface area contributed by atoms with Crippen molar-refractivity contribution in [3.8, 4) is 0 Å². The van der Waals surface area contributed by atoms with Gasteiger partial charge >= 0.3 is 16.3 Å². The molecule has 0 aliphatic heterocycles. The third kappa shape index (κ3) is 4.44. The fourth-order valence-electron chi connectivity index (χ4n) is 1.05. The Morgan fingerprint density at radius 1 is 1.37 bits per heavy atom. The molecule has 1 rings (SSSR count). The van der Waals surface area contributed by atoms with E-state index in [1.807, 2.05) is 0 Å². The van der Waals surface area contributed by atoms with Crippen molar-refractivity contribution in [2.45, 2.75) is 11.1 Å². The van der Waals surface area contributed by atoms with Crippen LogP contribution in [0.5, 0.6) is 0 Å². The summed E-state index contributed by atoms with van der Waals surface area (Å²) < 4.78 is 62.6. The molecule has 0 fully saturated rings. The molecule has 0 radical (unpaired) electrons. The Bertz CT molecular complexity index is 601. The molecule has 0 saturated heterocycles. The van der Waals surface area contributed by atoms with Crippen LogP contribution in [0.3, 0.4) is 0 Å². The molecule has 0 bridgehead atoms. The van der Waals surface area contributed by atoms with Crippen LogP contribution < -0.4 is 0 Å². The number of nitrogens with zero attached hydrogens (tertiary/aromatic N) is 1. The molecule has 1 aromatic carbocycles. The Kier molecular flexibility index (Phi) is 4.53. The van der Waals surface area contributed by atoms with Crippen molar-refractivity contribution in [2.24, 2.45) is 0 Å². The van der Waals surface area contributed by atoms with Crippen molar-refractivity contribution in [1.29, 1.82) is 0 Å². The molecule has 19 heavy (non-hydrogen) atoms. The van der Waals surface area contributed by atoms with Gasteiger partial charge in [0, 0.05) is 10.5 Å². The second-order valence-electron chi connectivity index (χ2n) is 3.20. The molecular formula is C8H5BrF3NO5S. The van der Waals surface area contributed by atoms with Crippen LogP contribution in [0.25, 0.3) is 0 Å². The maximum absolute atomic E-state index is 11.9. The lowest BCUT2D eigenvalue weighted by atomic mass is 10.3. The first-order valence-corrected chi connectivity index (χ1v) is 6.63. The van der Waals surface area contributed by atoms with E-state index in [1.54, 1.807) is 0 Å². The number of rotatable bonds is 4. The molecule has 11 heteroatoms. The number of alkyl halides is 3. The minimum Gasteiger partial charge on any atom is -0.258 e. The first-order chi connectivity index (χ1) is 8.53. The highest BCUT2D eigenvalue weighted by Gasteiger charge is 2.34. The fourth-order valence-corrected chi connectivity index (χ4v) is 2.44. The first kappa shape index (κ1) is 15.9. The van der Waals surface area contributed by atoms with E-state index >= 15 is 0 Å². The van der Waals surface area contributed by atoms with Gasteiger partial charge in [0.2, 0.25) is 0 Å². The van der Waals surface area contributed by atoms with Gasteiger partial charge in [-0.1, -0.05) is 15.9 Å². The van der Waals surface area contributed by atoms with Gasteiger partial charge in [-0.25, -0.2) is 0 Å². The summed E-state index contributed by atoms with van der Waals surface area (Å²) in [5, 5.41) is 10.7. The molecule has 0 N–H and O–H groups in total. The molecule has 0 aliphatic carbocycles. The van der Waals surface area contributed by atoms with Crippen LogP contribution in [-0.2, 0) is 14.3 Å². The zero-order valence-electron chi connectivity index (χ0n) is 8.85. The zero-order chi connectivity index (χ0) is 14.8. The Morgan fingerprint density at radius 2 is 1.95 bits per heavy atom. The quantitative estimate of drug-likeness (QED) is 0.466. The van der Waals surface area contributed by atoms with Gasteiger partial charge in [-0.2, -0.15) is 21.6 Å². The van der Waals surface area contributed by atoms with Crippen LogP contribution in [0.4, 0.5) is 18.9 Å². The average molecular weight is 364 g/mol. The standard InChI is InChI=1S/C8H5BrF3NO5S/c9-5-1-2-7(6(3-5)13(14)15)19(16,17)18-4-8(10,11)12/h1-3H,4H2. The second kappa shape index (κ2) is 5.43. The number of hydrogen-bond donors (Lipinski definition) is 0. The van der Waals surface area contributed by atoms with Crippen molar-refractivity contribution in [3.63, 3.8) is 0 Å². The van der Waals surface area contributed by atoms with Gasteiger partial charge in [0.05, 0.1) is 4.92 Å². The summed E-state index contributed by atoms with van der Waals surface area (Å²) in [7, 11) is -4.87. The van der Waals surface area contributed by atoms with E-state index in [-0.39, 0.29) is 4.47 Å². The lowest BCUT2D eigenvalue weighted by Crippen LogP contribution is -2.21. The molecular weight excluding hydrogens is 359 g/mol. The lowest BCUT2D eigenvalue weighted by molar-refractivity contribution is -0.388. The minimum atomic E-state index is -4.87. The van der Waals surface area contributed by atoms with Crippen LogP contribution in [0.2, 0.25) is 0 Å². The molecule has 106 valence electrons. The molecule has 6 nitrogen and oxygen atoms in total. The van der Waals surface area contributed by atoms with Crippen LogP contribution in [0, 0.1) is 10.1 Å². The molecule has 0 spiro atoms. The minimum absolute atomic E-state index is 0.203. The number of benzene rings is 1. The summed E-state index contributed by atoms with van der Waals surface area (Å²) in [4.78, 5) is 8.69. The zero-order valence-corrected chi connectivity index (χ0v) is 11.3. The monoisotopic (exact) mass is 363 g/mol. The van der Waals surface area contributed by atoms with Gasteiger partial charge in [-0.05, 0) is 12.1 Å². The number of nitro benzene ring substituents is 1. The van der Waals surface area contributed by atoms with Gasteiger partial charge < -0.3 is 0 Å². The predicted molar refractivity (Wildman–Crippen MR) is 60.0 cm³/mol. The molecule has 0 aromatic heterocycles. The normalized spacial score (nSPS) is 12.4. The Labute approximate surface area is 113 Å². The SMILES string of the molecule is O=[N+]([O-])c1cc(Br)ccc1S(=O)(=O)OCC(F)(F)F. The van der Waals surface area contributed by atoms with Gasteiger partial charge in [0.25, 0.3) is 5.69 Å². The maximum atomic E-state index is 11.9. The topological polar surface area (TPSA) is 86.5 Å². The summed E-state index contributed by atoms with van der Waals surface area (Å²) in [6, 6.07) is 2.77. The van der Waals surface area contributed by atoms with Crippen molar-refractivity contribution in [2.75, 3.05) is 6.61 Å². The van der Waals surface area contributed by atoms with E-state index in [9.17, 15) is 31.7 Å². The van der Waals surface area contributed by atoms with Gasteiger partial charge in [-0.3, -0.25) is 14.3 Å².